The summed E-state index contributed by atoms with van der Waals surface area (Å²) in [6.07, 6.45) is 0.799. The molecule has 0 heterocycles. The Kier molecular flexibility index (Phi) is 3.62. The van der Waals surface area contributed by atoms with Gasteiger partial charge in [0, 0.05) is 12.5 Å². The number of benzene rings is 1. The van der Waals surface area contributed by atoms with Crippen molar-refractivity contribution >= 4 is 11.8 Å². The number of ketones is 1. The Morgan fingerprint density at radius 1 is 1.13 bits per heavy atom. The molecule has 2 N–H and O–H groups in total. The first kappa shape index (κ1) is 11.0. The zero-order valence-electron chi connectivity index (χ0n) is 7.88. The van der Waals surface area contributed by atoms with E-state index in [0.717, 1.165) is 11.6 Å². The topological polar surface area (TPSA) is 74.6 Å². The van der Waals surface area contributed by atoms with Crippen LogP contribution in [0.25, 0.3) is 0 Å². The van der Waals surface area contributed by atoms with Crippen molar-refractivity contribution in [1.29, 1.82) is 0 Å². The molecule has 0 aromatic heterocycles. The lowest BCUT2D eigenvalue weighted by molar-refractivity contribution is -0.135. The summed E-state index contributed by atoms with van der Waals surface area (Å²) in [5.41, 5.74) is 0.775. The van der Waals surface area contributed by atoms with Gasteiger partial charge < -0.3 is 10.2 Å². The number of hydrogen-bond acceptors (Lipinski definition) is 3. The lowest BCUT2D eigenvalue weighted by Crippen LogP contribution is -2.05. The van der Waals surface area contributed by atoms with Crippen LogP contribution in [-0.2, 0) is 16.0 Å². The molecular formula is C11H10O4. The highest BCUT2D eigenvalue weighted by Gasteiger charge is 2.07. The fourth-order valence-corrected chi connectivity index (χ4v) is 1.06. The van der Waals surface area contributed by atoms with E-state index in [1.807, 2.05) is 6.07 Å². The van der Waals surface area contributed by atoms with Crippen molar-refractivity contribution in [3.05, 3.63) is 47.7 Å². The first-order chi connectivity index (χ1) is 7.09. The van der Waals surface area contributed by atoms with Gasteiger partial charge >= 0.3 is 5.97 Å². The molecule has 1 aromatic carbocycles. The average molecular weight is 206 g/mol. The van der Waals surface area contributed by atoms with Crippen molar-refractivity contribution in [3.8, 4) is 0 Å². The normalized spacial score (nSPS) is 11.1. The minimum atomic E-state index is -1.50. The maximum absolute atomic E-state index is 11.2. The van der Waals surface area contributed by atoms with Crippen LogP contribution in [0.3, 0.4) is 0 Å². The third-order valence-corrected chi connectivity index (χ3v) is 1.74. The predicted molar refractivity (Wildman–Crippen MR) is 53.5 cm³/mol. The van der Waals surface area contributed by atoms with Crippen molar-refractivity contribution in [2.75, 3.05) is 0 Å². The first-order valence-electron chi connectivity index (χ1n) is 4.30. The molecule has 1 rings (SSSR count). The number of carbonyl (C=O) groups is 2. The molecule has 0 bridgehead atoms. The minimum Gasteiger partial charge on any atom is -0.502 e. The number of carbonyl (C=O) groups excluding carboxylic acids is 1. The molecule has 0 spiro atoms. The van der Waals surface area contributed by atoms with Gasteiger partial charge in [-0.1, -0.05) is 30.3 Å². The number of rotatable bonds is 4. The number of allylic oxidation sites excluding steroid dienone is 1. The van der Waals surface area contributed by atoms with Gasteiger partial charge in [0.2, 0.25) is 5.76 Å². The third-order valence-electron chi connectivity index (χ3n) is 1.74. The van der Waals surface area contributed by atoms with E-state index >= 15 is 0 Å². The number of aliphatic hydroxyl groups excluding tert-OH is 1. The van der Waals surface area contributed by atoms with Crippen molar-refractivity contribution in [2.45, 2.75) is 6.42 Å². The second-order valence-corrected chi connectivity index (χ2v) is 2.96. The molecule has 0 amide bonds. The fourth-order valence-electron chi connectivity index (χ4n) is 1.06. The molecule has 4 heteroatoms. The maximum atomic E-state index is 11.2. The molecule has 0 fully saturated rings. The second kappa shape index (κ2) is 4.95. The highest BCUT2D eigenvalue weighted by molar-refractivity contribution is 5.98. The number of hydrogen-bond donors (Lipinski definition) is 2. The first-order valence-corrected chi connectivity index (χ1v) is 4.30. The van der Waals surface area contributed by atoms with E-state index in [9.17, 15) is 9.59 Å². The van der Waals surface area contributed by atoms with Gasteiger partial charge in [-0.3, -0.25) is 4.79 Å². The summed E-state index contributed by atoms with van der Waals surface area (Å²) in [4.78, 5) is 21.4. The summed E-state index contributed by atoms with van der Waals surface area (Å²) in [5.74, 6) is -2.88. The van der Waals surface area contributed by atoms with E-state index in [1.165, 1.54) is 0 Å². The largest absolute Gasteiger partial charge is 0.502 e. The van der Waals surface area contributed by atoms with Gasteiger partial charge in [0.25, 0.3) is 0 Å². The van der Waals surface area contributed by atoms with E-state index in [4.69, 9.17) is 10.2 Å². The van der Waals surface area contributed by atoms with Crippen LogP contribution in [0.4, 0.5) is 0 Å². The van der Waals surface area contributed by atoms with Crippen LogP contribution in [0.5, 0.6) is 0 Å². The van der Waals surface area contributed by atoms with Crippen LogP contribution in [0.1, 0.15) is 5.56 Å². The molecular weight excluding hydrogens is 196 g/mol. The zero-order chi connectivity index (χ0) is 11.3. The molecule has 78 valence electrons. The van der Waals surface area contributed by atoms with Crippen molar-refractivity contribution in [3.63, 3.8) is 0 Å². The Hall–Kier alpha value is -2.10. The molecule has 15 heavy (non-hydrogen) atoms. The number of carboxylic acid groups (broad SMARTS) is 1. The Morgan fingerprint density at radius 3 is 2.27 bits per heavy atom. The van der Waals surface area contributed by atoms with Crippen LogP contribution in [0.2, 0.25) is 0 Å². The van der Waals surface area contributed by atoms with E-state index in [-0.39, 0.29) is 6.42 Å². The SMILES string of the molecule is O=C(/C=C(\O)C(=O)O)Cc1ccccc1. The highest BCUT2D eigenvalue weighted by atomic mass is 16.4. The minimum absolute atomic E-state index is 0.0815. The molecule has 0 radical (unpaired) electrons. The number of carboxylic acids is 1. The number of aliphatic hydroxyl groups is 1. The maximum Gasteiger partial charge on any atom is 0.371 e. The molecule has 0 aliphatic rings. The second-order valence-electron chi connectivity index (χ2n) is 2.96. The average Bonchev–Trinajstić information content (AvgIpc) is 2.18. The van der Waals surface area contributed by atoms with E-state index in [2.05, 4.69) is 0 Å². The highest BCUT2D eigenvalue weighted by Crippen LogP contribution is 2.01. The molecule has 0 saturated heterocycles. The van der Waals surface area contributed by atoms with Gasteiger partial charge in [0.05, 0.1) is 0 Å². The number of aliphatic carboxylic acids is 1. The van der Waals surface area contributed by atoms with Gasteiger partial charge in [-0.25, -0.2) is 4.79 Å². The summed E-state index contributed by atoms with van der Waals surface area (Å²) in [6.45, 7) is 0. The van der Waals surface area contributed by atoms with Gasteiger partial charge in [-0.15, -0.1) is 0 Å². The van der Waals surface area contributed by atoms with Gasteiger partial charge in [-0.05, 0) is 5.56 Å². The summed E-state index contributed by atoms with van der Waals surface area (Å²) in [6, 6.07) is 8.89. The molecule has 0 atom stereocenters. The monoisotopic (exact) mass is 206 g/mol. The molecule has 0 saturated carbocycles. The van der Waals surface area contributed by atoms with Crippen molar-refractivity contribution < 1.29 is 19.8 Å². The van der Waals surface area contributed by atoms with Crippen LogP contribution < -0.4 is 0 Å². The third kappa shape index (κ3) is 3.64. The van der Waals surface area contributed by atoms with Crippen LogP contribution in [-0.4, -0.2) is 22.0 Å². The lowest BCUT2D eigenvalue weighted by Gasteiger charge is -1.96. The molecule has 0 aliphatic carbocycles. The van der Waals surface area contributed by atoms with Crippen molar-refractivity contribution in [1.82, 2.24) is 0 Å². The Morgan fingerprint density at radius 2 is 1.73 bits per heavy atom. The lowest BCUT2D eigenvalue weighted by atomic mass is 10.1. The summed E-state index contributed by atoms with van der Waals surface area (Å²) in [5, 5.41) is 17.1. The van der Waals surface area contributed by atoms with Crippen LogP contribution in [0.15, 0.2) is 42.2 Å². The summed E-state index contributed by atoms with van der Waals surface area (Å²) >= 11 is 0. The molecule has 1 aromatic rings. The van der Waals surface area contributed by atoms with Crippen LogP contribution >= 0.6 is 0 Å². The predicted octanol–water partition coefficient (Wildman–Crippen LogP) is 1.32. The van der Waals surface area contributed by atoms with E-state index < -0.39 is 17.5 Å². The Balaban J connectivity index is 2.65. The summed E-state index contributed by atoms with van der Waals surface area (Å²) < 4.78 is 0. The fraction of sp³-hybridized carbons (Fsp3) is 0.0909. The van der Waals surface area contributed by atoms with E-state index in [1.54, 1.807) is 24.3 Å². The standard InChI is InChI=1S/C11H10O4/c12-9(7-10(13)11(14)15)6-8-4-2-1-3-5-8/h1-5,7,13H,6H2,(H,14,15)/b10-7-. The van der Waals surface area contributed by atoms with E-state index in [0.29, 0.717) is 0 Å². The molecule has 4 nitrogen and oxygen atoms in total. The Labute approximate surface area is 86.5 Å². The van der Waals surface area contributed by atoms with Gasteiger partial charge in [-0.2, -0.15) is 0 Å². The van der Waals surface area contributed by atoms with Crippen molar-refractivity contribution in [2.24, 2.45) is 0 Å². The Bertz CT molecular complexity index is 392. The molecule has 0 aliphatic heterocycles. The summed E-state index contributed by atoms with van der Waals surface area (Å²) in [7, 11) is 0. The smallest absolute Gasteiger partial charge is 0.371 e. The quantitative estimate of drug-likeness (QED) is 0.575. The zero-order valence-corrected chi connectivity index (χ0v) is 7.88. The molecule has 0 unspecified atom stereocenters. The van der Waals surface area contributed by atoms with Gasteiger partial charge in [0.1, 0.15) is 0 Å². The van der Waals surface area contributed by atoms with Gasteiger partial charge in [0.15, 0.2) is 5.78 Å². The van der Waals surface area contributed by atoms with Crippen LogP contribution in [0, 0.1) is 0 Å².